The van der Waals surface area contributed by atoms with Gasteiger partial charge in [0.2, 0.25) is 0 Å². The van der Waals surface area contributed by atoms with E-state index in [1.54, 1.807) is 0 Å². The van der Waals surface area contributed by atoms with Crippen LogP contribution in [0.5, 0.6) is 0 Å². The van der Waals surface area contributed by atoms with Gasteiger partial charge in [0.05, 0.1) is 0 Å². The first-order valence-corrected chi connectivity index (χ1v) is 7.77. The van der Waals surface area contributed by atoms with Gasteiger partial charge in [0, 0.05) is 6.04 Å². The van der Waals surface area contributed by atoms with Gasteiger partial charge in [0.15, 0.2) is 0 Å². The third kappa shape index (κ3) is 2.26. The van der Waals surface area contributed by atoms with Crippen molar-refractivity contribution in [2.24, 2.45) is 17.1 Å². The predicted molar refractivity (Wildman–Crippen MR) is 71.9 cm³/mol. The van der Waals surface area contributed by atoms with Crippen LogP contribution >= 0.6 is 0 Å². The number of rotatable bonds is 4. The van der Waals surface area contributed by atoms with Crippen molar-refractivity contribution in [2.75, 3.05) is 19.6 Å². The molecule has 98 valence electrons. The SMILES string of the molecule is NCC1(CCN2CCCC3CCCC32)CCC1. The van der Waals surface area contributed by atoms with Gasteiger partial charge in [-0.05, 0) is 75.9 Å². The molecule has 2 heteroatoms. The Morgan fingerprint density at radius 3 is 2.59 bits per heavy atom. The van der Waals surface area contributed by atoms with Crippen molar-refractivity contribution in [3.63, 3.8) is 0 Å². The summed E-state index contributed by atoms with van der Waals surface area (Å²) >= 11 is 0. The normalized spacial score (nSPS) is 36.5. The molecule has 1 heterocycles. The summed E-state index contributed by atoms with van der Waals surface area (Å²) in [6, 6.07) is 0.943. The third-order valence-corrected chi connectivity index (χ3v) is 5.88. The van der Waals surface area contributed by atoms with E-state index in [0.29, 0.717) is 5.41 Å². The molecule has 3 fully saturated rings. The van der Waals surface area contributed by atoms with Crippen molar-refractivity contribution >= 4 is 0 Å². The van der Waals surface area contributed by atoms with Crippen LogP contribution in [0.25, 0.3) is 0 Å². The second-order valence-corrected chi connectivity index (χ2v) is 6.74. The van der Waals surface area contributed by atoms with Gasteiger partial charge in [-0.15, -0.1) is 0 Å². The number of likely N-dealkylation sites (tertiary alicyclic amines) is 1. The summed E-state index contributed by atoms with van der Waals surface area (Å²) < 4.78 is 0. The molecule has 3 rings (SSSR count). The summed E-state index contributed by atoms with van der Waals surface area (Å²) in [6.07, 6.45) is 13.0. The summed E-state index contributed by atoms with van der Waals surface area (Å²) in [7, 11) is 0. The summed E-state index contributed by atoms with van der Waals surface area (Å²) in [5, 5.41) is 0. The minimum atomic E-state index is 0.547. The molecule has 0 aromatic rings. The van der Waals surface area contributed by atoms with Crippen LogP contribution in [-0.2, 0) is 0 Å². The lowest BCUT2D eigenvalue weighted by Crippen LogP contribution is -2.46. The van der Waals surface area contributed by atoms with Crippen molar-refractivity contribution in [3.8, 4) is 0 Å². The Bertz CT molecular complexity index is 254. The fraction of sp³-hybridized carbons (Fsp3) is 1.00. The topological polar surface area (TPSA) is 29.3 Å². The lowest BCUT2D eigenvalue weighted by Gasteiger charge is -2.45. The van der Waals surface area contributed by atoms with E-state index in [1.165, 1.54) is 70.9 Å². The van der Waals surface area contributed by atoms with Gasteiger partial charge in [-0.2, -0.15) is 0 Å². The molecule has 2 nitrogen and oxygen atoms in total. The van der Waals surface area contributed by atoms with E-state index in [-0.39, 0.29) is 0 Å². The zero-order valence-corrected chi connectivity index (χ0v) is 11.2. The van der Waals surface area contributed by atoms with E-state index in [1.807, 2.05) is 0 Å². The zero-order valence-electron chi connectivity index (χ0n) is 11.2. The second-order valence-electron chi connectivity index (χ2n) is 6.74. The van der Waals surface area contributed by atoms with Gasteiger partial charge in [0.1, 0.15) is 0 Å². The third-order valence-electron chi connectivity index (χ3n) is 5.88. The molecule has 17 heavy (non-hydrogen) atoms. The number of nitrogens with zero attached hydrogens (tertiary/aromatic N) is 1. The molecular weight excluding hydrogens is 208 g/mol. The molecule has 0 aromatic heterocycles. The van der Waals surface area contributed by atoms with Crippen molar-refractivity contribution in [1.29, 1.82) is 0 Å². The fourth-order valence-electron chi connectivity index (χ4n) is 4.45. The van der Waals surface area contributed by atoms with E-state index in [4.69, 9.17) is 5.73 Å². The minimum Gasteiger partial charge on any atom is -0.330 e. The highest BCUT2D eigenvalue weighted by molar-refractivity contribution is 4.93. The molecule has 0 aromatic carbocycles. The summed E-state index contributed by atoms with van der Waals surface area (Å²) in [6.45, 7) is 3.62. The summed E-state index contributed by atoms with van der Waals surface area (Å²) in [5.41, 5.74) is 6.52. The Hall–Kier alpha value is -0.0800. The summed E-state index contributed by atoms with van der Waals surface area (Å²) in [5.74, 6) is 1.04. The largest absolute Gasteiger partial charge is 0.330 e. The van der Waals surface area contributed by atoms with E-state index < -0.39 is 0 Å². The van der Waals surface area contributed by atoms with E-state index in [2.05, 4.69) is 4.90 Å². The molecule has 2 aliphatic carbocycles. The van der Waals surface area contributed by atoms with Gasteiger partial charge in [-0.3, -0.25) is 0 Å². The summed E-state index contributed by atoms with van der Waals surface area (Å²) in [4.78, 5) is 2.82. The highest BCUT2D eigenvalue weighted by atomic mass is 15.2. The lowest BCUT2D eigenvalue weighted by molar-refractivity contribution is 0.0634. The standard InChI is InChI=1S/C15H28N2/c16-12-15(7-3-8-15)9-11-17-10-2-5-13-4-1-6-14(13)17/h13-14H,1-12,16H2. The molecule has 0 radical (unpaired) electrons. The van der Waals surface area contributed by atoms with Crippen LogP contribution in [0, 0.1) is 11.3 Å². The Labute approximate surface area is 106 Å². The monoisotopic (exact) mass is 236 g/mol. The maximum atomic E-state index is 5.97. The Morgan fingerprint density at radius 2 is 1.88 bits per heavy atom. The molecule has 0 bridgehead atoms. The molecule has 2 N–H and O–H groups in total. The van der Waals surface area contributed by atoms with E-state index in [9.17, 15) is 0 Å². The minimum absolute atomic E-state index is 0.547. The number of fused-ring (bicyclic) bond motifs is 1. The van der Waals surface area contributed by atoms with E-state index >= 15 is 0 Å². The molecule has 0 amide bonds. The number of hydrogen-bond donors (Lipinski definition) is 1. The van der Waals surface area contributed by atoms with Crippen molar-refractivity contribution in [3.05, 3.63) is 0 Å². The van der Waals surface area contributed by atoms with Crippen molar-refractivity contribution in [1.82, 2.24) is 4.90 Å². The molecule has 1 aliphatic heterocycles. The highest BCUT2D eigenvalue weighted by Gasteiger charge is 2.38. The first-order valence-electron chi connectivity index (χ1n) is 7.77. The zero-order chi connectivity index (χ0) is 11.7. The van der Waals surface area contributed by atoms with Gasteiger partial charge >= 0.3 is 0 Å². The maximum absolute atomic E-state index is 5.97. The quantitative estimate of drug-likeness (QED) is 0.813. The van der Waals surface area contributed by atoms with Crippen LogP contribution in [0.4, 0.5) is 0 Å². The second kappa shape index (κ2) is 4.89. The first kappa shape index (κ1) is 12.0. The lowest BCUT2D eigenvalue weighted by atomic mass is 9.66. The molecule has 2 saturated carbocycles. The van der Waals surface area contributed by atoms with Gasteiger partial charge in [0.25, 0.3) is 0 Å². The Balaban J connectivity index is 1.53. The predicted octanol–water partition coefficient (Wildman–Crippen LogP) is 2.77. The van der Waals surface area contributed by atoms with Crippen molar-refractivity contribution in [2.45, 2.75) is 63.8 Å². The number of nitrogens with two attached hydrogens (primary N) is 1. The molecule has 2 atom stereocenters. The first-order chi connectivity index (χ1) is 8.33. The number of piperidine rings is 1. The van der Waals surface area contributed by atoms with Crippen LogP contribution in [0.3, 0.4) is 0 Å². The van der Waals surface area contributed by atoms with E-state index in [0.717, 1.165) is 18.5 Å². The molecule has 3 aliphatic rings. The van der Waals surface area contributed by atoms with Gasteiger partial charge in [-0.1, -0.05) is 12.8 Å². The van der Waals surface area contributed by atoms with Crippen LogP contribution in [0.1, 0.15) is 57.8 Å². The maximum Gasteiger partial charge on any atom is 0.0123 e. The van der Waals surface area contributed by atoms with Crippen molar-refractivity contribution < 1.29 is 0 Å². The average molecular weight is 236 g/mol. The number of hydrogen-bond acceptors (Lipinski definition) is 2. The van der Waals surface area contributed by atoms with Crippen LogP contribution < -0.4 is 5.73 Å². The molecule has 0 spiro atoms. The fourth-order valence-corrected chi connectivity index (χ4v) is 4.45. The Morgan fingerprint density at radius 1 is 1.06 bits per heavy atom. The highest BCUT2D eigenvalue weighted by Crippen LogP contribution is 2.44. The van der Waals surface area contributed by atoms with Crippen LogP contribution in [0.2, 0.25) is 0 Å². The molecular formula is C15H28N2. The van der Waals surface area contributed by atoms with Crippen LogP contribution in [0.15, 0.2) is 0 Å². The smallest absolute Gasteiger partial charge is 0.0123 e. The molecule has 2 unspecified atom stereocenters. The van der Waals surface area contributed by atoms with Gasteiger partial charge < -0.3 is 10.6 Å². The Kier molecular flexibility index (Phi) is 3.45. The van der Waals surface area contributed by atoms with Gasteiger partial charge in [-0.25, -0.2) is 0 Å². The average Bonchev–Trinajstić information content (AvgIpc) is 2.77. The van der Waals surface area contributed by atoms with Crippen LogP contribution in [-0.4, -0.2) is 30.6 Å². The molecule has 1 saturated heterocycles.